The second kappa shape index (κ2) is 25.1. The quantitative estimate of drug-likeness (QED) is 0.116. The summed E-state index contributed by atoms with van der Waals surface area (Å²) in [7, 11) is 0. The number of aryl methyl sites for hydroxylation is 1. The van der Waals surface area contributed by atoms with Crippen molar-refractivity contribution in [2.45, 2.75) is 119 Å². The Morgan fingerprint density at radius 2 is 1.45 bits per heavy atom. The standard InChI is InChI=1S/C20H25NO.C11H8N2O2S.C9H20.C4H10/c1-3-15-21(17(2)22)16-14-20(18-10-6-4-7-11-18)19-12-8-5-9-13-19;1-6-12-9(5-16-6)7-2-3-8-10(4-7)15-11(14)13-8;1-4-6-7-8-9(3)5-2;1-3-4-2/h4-13,20H,3,14-16H2,1-2H3;2-5H,1H3,(H,13,14);9H,4-8H2,1-3H3;3-4H2,1-2H3. The first-order valence-electron chi connectivity index (χ1n) is 19.1. The average Bonchev–Trinajstić information content (AvgIpc) is 3.76. The summed E-state index contributed by atoms with van der Waals surface area (Å²) in [6, 6.07) is 26.7. The van der Waals surface area contributed by atoms with Gasteiger partial charge in [-0.3, -0.25) is 9.78 Å². The molecule has 2 aromatic heterocycles. The lowest BCUT2D eigenvalue weighted by atomic mass is 9.88. The Hall–Kier alpha value is -3.97. The molecule has 1 unspecified atom stereocenters. The molecule has 6 nitrogen and oxygen atoms in total. The molecule has 7 heteroatoms. The Labute approximate surface area is 311 Å². The van der Waals surface area contributed by atoms with Gasteiger partial charge in [0.2, 0.25) is 5.91 Å². The van der Waals surface area contributed by atoms with Crippen molar-refractivity contribution in [3.05, 3.63) is 111 Å². The van der Waals surface area contributed by atoms with Crippen molar-refractivity contribution in [1.29, 1.82) is 0 Å². The normalized spacial score (nSPS) is 11.1. The fraction of sp³-hybridized carbons (Fsp3) is 0.477. The molecular formula is C44H63N3O3S. The van der Waals surface area contributed by atoms with Gasteiger partial charge in [0, 0.05) is 36.9 Å². The molecule has 1 N–H and O–H groups in total. The first kappa shape index (κ1) is 43.2. The van der Waals surface area contributed by atoms with E-state index in [0.717, 1.165) is 48.1 Å². The number of unbranched alkanes of at least 4 members (excludes halogenated alkanes) is 3. The molecule has 278 valence electrons. The number of hydrogen-bond donors (Lipinski definition) is 1. The summed E-state index contributed by atoms with van der Waals surface area (Å²) in [5, 5.41) is 3.01. The summed E-state index contributed by atoms with van der Waals surface area (Å²) < 4.78 is 5.00. The lowest BCUT2D eigenvalue weighted by molar-refractivity contribution is -0.129. The number of nitrogens with zero attached hydrogens (tertiary/aromatic N) is 2. The van der Waals surface area contributed by atoms with E-state index in [1.807, 2.05) is 47.5 Å². The molecule has 0 bridgehead atoms. The minimum Gasteiger partial charge on any atom is -0.408 e. The Morgan fingerprint density at radius 1 is 0.824 bits per heavy atom. The second-order valence-corrected chi connectivity index (χ2v) is 14.2. The van der Waals surface area contributed by atoms with Crippen molar-refractivity contribution in [2.24, 2.45) is 5.92 Å². The molecule has 0 fully saturated rings. The molecule has 0 aliphatic rings. The van der Waals surface area contributed by atoms with Crippen LogP contribution in [0.25, 0.3) is 22.4 Å². The average molecular weight is 714 g/mol. The first-order valence-corrected chi connectivity index (χ1v) is 20.0. The molecule has 0 aliphatic heterocycles. The highest BCUT2D eigenvalue weighted by Gasteiger charge is 2.16. The molecule has 2 heterocycles. The summed E-state index contributed by atoms with van der Waals surface area (Å²) in [6.07, 6.45) is 11.6. The summed E-state index contributed by atoms with van der Waals surface area (Å²) in [4.78, 5) is 31.7. The van der Waals surface area contributed by atoms with Gasteiger partial charge in [0.25, 0.3) is 0 Å². The van der Waals surface area contributed by atoms with Crippen molar-refractivity contribution in [2.75, 3.05) is 13.1 Å². The van der Waals surface area contributed by atoms with Gasteiger partial charge in [-0.05, 0) is 48.9 Å². The van der Waals surface area contributed by atoms with Gasteiger partial charge >= 0.3 is 5.76 Å². The number of H-pyrrole nitrogens is 1. The van der Waals surface area contributed by atoms with Crippen LogP contribution in [-0.2, 0) is 4.79 Å². The Bertz CT molecular complexity index is 1630. The number of fused-ring (bicyclic) bond motifs is 1. The van der Waals surface area contributed by atoms with E-state index in [2.05, 4.69) is 100 Å². The highest BCUT2D eigenvalue weighted by molar-refractivity contribution is 7.09. The second-order valence-electron chi connectivity index (χ2n) is 13.2. The first-order chi connectivity index (χ1) is 24.7. The molecular weight excluding hydrogens is 651 g/mol. The van der Waals surface area contributed by atoms with Crippen molar-refractivity contribution < 1.29 is 9.21 Å². The molecule has 51 heavy (non-hydrogen) atoms. The van der Waals surface area contributed by atoms with E-state index >= 15 is 0 Å². The lowest BCUT2D eigenvalue weighted by Gasteiger charge is -2.24. The predicted octanol–water partition coefficient (Wildman–Crippen LogP) is 12.4. The summed E-state index contributed by atoms with van der Waals surface area (Å²) in [5.41, 5.74) is 5.77. The molecule has 0 saturated heterocycles. The van der Waals surface area contributed by atoms with Crippen molar-refractivity contribution in [3.8, 4) is 11.3 Å². The zero-order valence-electron chi connectivity index (χ0n) is 32.5. The van der Waals surface area contributed by atoms with Gasteiger partial charge in [-0.25, -0.2) is 9.78 Å². The van der Waals surface area contributed by atoms with E-state index in [1.54, 1.807) is 18.3 Å². The van der Waals surface area contributed by atoms with Crippen LogP contribution in [0.4, 0.5) is 0 Å². The van der Waals surface area contributed by atoms with Gasteiger partial charge in [-0.15, -0.1) is 11.3 Å². The van der Waals surface area contributed by atoms with Crippen LogP contribution >= 0.6 is 11.3 Å². The predicted molar refractivity (Wildman–Crippen MR) is 219 cm³/mol. The van der Waals surface area contributed by atoms with Gasteiger partial charge in [0.05, 0.1) is 16.2 Å². The van der Waals surface area contributed by atoms with Crippen LogP contribution in [0.3, 0.4) is 0 Å². The Kier molecular flexibility index (Phi) is 21.2. The third kappa shape index (κ3) is 16.3. The van der Waals surface area contributed by atoms with E-state index in [9.17, 15) is 9.59 Å². The maximum atomic E-state index is 11.7. The number of aromatic nitrogens is 2. The van der Waals surface area contributed by atoms with Crippen molar-refractivity contribution in [3.63, 3.8) is 0 Å². The molecule has 5 rings (SSSR count). The third-order valence-electron chi connectivity index (χ3n) is 8.86. The van der Waals surface area contributed by atoms with Crippen molar-refractivity contribution >= 4 is 28.3 Å². The van der Waals surface area contributed by atoms with E-state index in [-0.39, 0.29) is 5.91 Å². The van der Waals surface area contributed by atoms with Gasteiger partial charge < -0.3 is 9.32 Å². The van der Waals surface area contributed by atoms with Crippen LogP contribution in [0.2, 0.25) is 0 Å². The van der Waals surface area contributed by atoms with E-state index in [0.29, 0.717) is 17.0 Å². The van der Waals surface area contributed by atoms with Crippen LogP contribution in [0.1, 0.15) is 128 Å². The third-order valence-corrected chi connectivity index (χ3v) is 9.64. The van der Waals surface area contributed by atoms with Crippen LogP contribution in [0, 0.1) is 12.8 Å². The number of rotatable bonds is 14. The number of carbonyl (C=O) groups excluding carboxylic acids is 1. The molecule has 0 radical (unpaired) electrons. The number of hydrogen-bond acceptors (Lipinski definition) is 5. The van der Waals surface area contributed by atoms with E-state index in [4.69, 9.17) is 4.42 Å². The smallest absolute Gasteiger partial charge is 0.408 e. The van der Waals surface area contributed by atoms with E-state index in [1.165, 1.54) is 56.1 Å². The molecule has 3 aromatic carbocycles. The molecule has 1 amide bonds. The molecule has 0 spiro atoms. The lowest BCUT2D eigenvalue weighted by Crippen LogP contribution is -2.31. The number of carbonyl (C=O) groups is 1. The SMILES string of the molecule is CCCC.CCCCCC(C)CC.CCCN(CCC(c1ccccc1)c1ccccc1)C(C)=O.Cc1nc(-c2ccc3[nH]c(=O)oc3c2)cs1. The number of oxazole rings is 1. The van der Waals surface area contributed by atoms with Crippen LogP contribution < -0.4 is 5.76 Å². The fourth-order valence-electron chi connectivity index (χ4n) is 5.43. The van der Waals surface area contributed by atoms with Crippen LogP contribution in [0.15, 0.2) is 93.5 Å². The van der Waals surface area contributed by atoms with Gasteiger partial charge in [0.1, 0.15) is 0 Å². The summed E-state index contributed by atoms with van der Waals surface area (Å²) in [6.45, 7) is 18.6. The summed E-state index contributed by atoms with van der Waals surface area (Å²) >= 11 is 1.60. The molecule has 0 saturated carbocycles. The highest BCUT2D eigenvalue weighted by Crippen LogP contribution is 2.28. The number of nitrogens with one attached hydrogen (secondary N) is 1. The zero-order valence-corrected chi connectivity index (χ0v) is 33.4. The fourth-order valence-corrected chi connectivity index (χ4v) is 6.05. The maximum Gasteiger partial charge on any atom is 0.417 e. The number of benzene rings is 3. The topological polar surface area (TPSA) is 79.2 Å². The highest BCUT2D eigenvalue weighted by atomic mass is 32.1. The van der Waals surface area contributed by atoms with Gasteiger partial charge in [-0.1, -0.05) is 153 Å². The van der Waals surface area contributed by atoms with Gasteiger partial charge in [-0.2, -0.15) is 0 Å². The van der Waals surface area contributed by atoms with Gasteiger partial charge in [0.15, 0.2) is 5.58 Å². The molecule has 0 aliphatic carbocycles. The summed E-state index contributed by atoms with van der Waals surface area (Å²) in [5.74, 6) is 1.03. The molecule has 5 aromatic rings. The monoisotopic (exact) mass is 713 g/mol. The largest absolute Gasteiger partial charge is 0.417 e. The number of aromatic amines is 1. The number of thiazole rings is 1. The molecule has 1 atom stereocenters. The van der Waals surface area contributed by atoms with E-state index < -0.39 is 5.76 Å². The number of amides is 1. The maximum absolute atomic E-state index is 11.7. The Balaban J connectivity index is 0.000000271. The van der Waals surface area contributed by atoms with Crippen LogP contribution in [-0.4, -0.2) is 33.9 Å². The minimum absolute atomic E-state index is 0.168. The Morgan fingerprint density at radius 3 is 1.94 bits per heavy atom. The zero-order chi connectivity index (χ0) is 37.4. The minimum atomic E-state index is -0.429. The van der Waals surface area contributed by atoms with Crippen LogP contribution in [0.5, 0.6) is 0 Å². The van der Waals surface area contributed by atoms with Crippen molar-refractivity contribution in [1.82, 2.24) is 14.9 Å².